The summed E-state index contributed by atoms with van der Waals surface area (Å²) in [6, 6.07) is 17.7. The Morgan fingerprint density at radius 2 is 1.32 bits per heavy atom. The lowest BCUT2D eigenvalue weighted by atomic mass is 10.0. The summed E-state index contributed by atoms with van der Waals surface area (Å²) in [5.74, 6) is 1.14. The summed E-state index contributed by atoms with van der Waals surface area (Å²) in [7, 11) is 1.50. The van der Waals surface area contributed by atoms with Crippen LogP contribution < -0.4 is 5.73 Å². The Morgan fingerprint density at radius 3 is 1.79 bits per heavy atom. The van der Waals surface area contributed by atoms with Crippen molar-refractivity contribution in [3.05, 3.63) is 65.2 Å². The van der Waals surface area contributed by atoms with E-state index in [0.717, 1.165) is 12.2 Å². The Kier molecular flexibility index (Phi) is 7.31. The van der Waals surface area contributed by atoms with E-state index in [9.17, 15) is 0 Å². The average molecular weight is 273 g/mol. The number of aryl methyl sites for hydroxylation is 1. The molecule has 2 heteroatoms. The molecule has 2 N–H and O–H groups in total. The molecule has 2 aromatic rings. The molecule has 102 valence electrons. The molecule has 0 aliphatic carbocycles. The zero-order valence-electron chi connectivity index (χ0n) is 12.0. The molecule has 0 spiro atoms. The second kappa shape index (κ2) is 8.78. The molecular weight excluding hydrogens is 250 g/mol. The number of hydrogen-bond acceptors (Lipinski definition) is 2. The van der Waals surface area contributed by atoms with Gasteiger partial charge in [-0.25, -0.2) is 0 Å². The molecule has 0 heterocycles. The Hall–Kier alpha value is -1.25. The largest absolute Gasteiger partial charge is 0.333 e. The van der Waals surface area contributed by atoms with E-state index in [2.05, 4.69) is 68.1 Å². The van der Waals surface area contributed by atoms with E-state index in [1.54, 1.807) is 0 Å². The van der Waals surface area contributed by atoms with Crippen molar-refractivity contribution in [2.45, 2.75) is 25.2 Å². The van der Waals surface area contributed by atoms with Crippen LogP contribution in [-0.4, -0.2) is 12.8 Å². The van der Waals surface area contributed by atoms with Crippen LogP contribution in [0.3, 0.4) is 0 Å². The maximum absolute atomic E-state index is 4.50. The lowest BCUT2D eigenvalue weighted by Gasteiger charge is -2.04. The summed E-state index contributed by atoms with van der Waals surface area (Å²) in [4.78, 5) is 1.36. The van der Waals surface area contributed by atoms with Crippen LogP contribution in [0.2, 0.25) is 0 Å². The highest BCUT2D eigenvalue weighted by atomic mass is 32.2. The topological polar surface area (TPSA) is 26.0 Å². The quantitative estimate of drug-likeness (QED) is 0.842. The second-order valence-electron chi connectivity index (χ2n) is 4.24. The van der Waals surface area contributed by atoms with Gasteiger partial charge < -0.3 is 5.73 Å². The minimum absolute atomic E-state index is 1.03. The molecule has 0 radical (unpaired) electrons. The molecule has 19 heavy (non-hydrogen) atoms. The van der Waals surface area contributed by atoms with Gasteiger partial charge in [0, 0.05) is 4.90 Å². The van der Waals surface area contributed by atoms with Crippen LogP contribution in [0, 0.1) is 6.92 Å². The van der Waals surface area contributed by atoms with E-state index in [1.807, 2.05) is 11.8 Å². The SMILES string of the molecule is CCSc1ccc(Cc2ccc(C)cc2)cc1.CN. The van der Waals surface area contributed by atoms with Crippen LogP contribution in [0.4, 0.5) is 0 Å². The lowest BCUT2D eigenvalue weighted by molar-refractivity contribution is 1.17. The van der Waals surface area contributed by atoms with E-state index in [4.69, 9.17) is 0 Å². The minimum atomic E-state index is 1.03. The highest BCUT2D eigenvalue weighted by Gasteiger charge is 1.97. The monoisotopic (exact) mass is 273 g/mol. The summed E-state index contributed by atoms with van der Waals surface area (Å²) in [5.41, 5.74) is 8.59. The fraction of sp³-hybridized carbons (Fsp3) is 0.294. The molecule has 0 aliphatic heterocycles. The molecule has 0 fully saturated rings. The van der Waals surface area contributed by atoms with E-state index in [0.29, 0.717) is 0 Å². The van der Waals surface area contributed by atoms with Gasteiger partial charge in [0.25, 0.3) is 0 Å². The third kappa shape index (κ3) is 5.50. The van der Waals surface area contributed by atoms with Crippen LogP contribution in [0.1, 0.15) is 23.6 Å². The predicted molar refractivity (Wildman–Crippen MR) is 86.9 cm³/mol. The summed E-state index contributed by atoms with van der Waals surface area (Å²) < 4.78 is 0. The molecule has 0 unspecified atom stereocenters. The summed E-state index contributed by atoms with van der Waals surface area (Å²) in [5, 5.41) is 0. The smallest absolute Gasteiger partial charge is 0.00720 e. The number of hydrogen-bond donors (Lipinski definition) is 1. The Bertz CT molecular complexity index is 460. The fourth-order valence-corrected chi connectivity index (χ4v) is 2.47. The van der Waals surface area contributed by atoms with Crippen molar-refractivity contribution in [2.24, 2.45) is 5.73 Å². The number of nitrogens with two attached hydrogens (primary N) is 1. The van der Waals surface area contributed by atoms with E-state index in [1.165, 1.54) is 28.6 Å². The van der Waals surface area contributed by atoms with Crippen molar-refractivity contribution in [2.75, 3.05) is 12.8 Å². The maximum atomic E-state index is 4.50. The van der Waals surface area contributed by atoms with Gasteiger partial charge >= 0.3 is 0 Å². The molecule has 1 nitrogen and oxygen atoms in total. The van der Waals surface area contributed by atoms with Crippen LogP contribution in [0.5, 0.6) is 0 Å². The zero-order chi connectivity index (χ0) is 14.1. The molecule has 0 saturated heterocycles. The van der Waals surface area contributed by atoms with Gasteiger partial charge in [0.05, 0.1) is 0 Å². The van der Waals surface area contributed by atoms with Crippen molar-refractivity contribution >= 4 is 11.8 Å². The van der Waals surface area contributed by atoms with Crippen LogP contribution in [0.15, 0.2) is 53.4 Å². The van der Waals surface area contributed by atoms with Gasteiger partial charge in [-0.1, -0.05) is 48.9 Å². The normalized spacial score (nSPS) is 9.68. The molecule has 0 aliphatic rings. The van der Waals surface area contributed by atoms with Gasteiger partial charge in [-0.2, -0.15) is 0 Å². The van der Waals surface area contributed by atoms with Crippen molar-refractivity contribution in [1.29, 1.82) is 0 Å². The summed E-state index contributed by atoms with van der Waals surface area (Å²) >= 11 is 1.89. The first-order chi connectivity index (χ1) is 9.28. The van der Waals surface area contributed by atoms with Gasteiger partial charge in [-0.3, -0.25) is 0 Å². The van der Waals surface area contributed by atoms with Gasteiger partial charge in [0.15, 0.2) is 0 Å². The van der Waals surface area contributed by atoms with E-state index < -0.39 is 0 Å². The molecule has 2 aromatic carbocycles. The number of thioether (sulfide) groups is 1. The predicted octanol–water partition coefficient (Wildman–Crippen LogP) is 4.27. The standard InChI is InChI=1S/C16H18S.CH5N/c1-3-17-16-10-8-15(9-11-16)12-14-6-4-13(2)5-7-14;1-2/h4-11H,3,12H2,1-2H3;2H2,1H3. The maximum Gasteiger partial charge on any atom is 0.00720 e. The van der Waals surface area contributed by atoms with Crippen molar-refractivity contribution in [1.82, 2.24) is 0 Å². The molecule has 0 amide bonds. The number of benzene rings is 2. The second-order valence-corrected chi connectivity index (χ2v) is 5.58. The van der Waals surface area contributed by atoms with Crippen molar-refractivity contribution < 1.29 is 0 Å². The molecule has 0 saturated carbocycles. The summed E-state index contributed by atoms with van der Waals surface area (Å²) in [6.07, 6.45) is 1.03. The van der Waals surface area contributed by atoms with E-state index >= 15 is 0 Å². The van der Waals surface area contributed by atoms with Gasteiger partial charge in [-0.05, 0) is 49.4 Å². The van der Waals surface area contributed by atoms with Crippen LogP contribution in [-0.2, 0) is 6.42 Å². The van der Waals surface area contributed by atoms with Gasteiger partial charge in [-0.15, -0.1) is 11.8 Å². The van der Waals surface area contributed by atoms with Gasteiger partial charge in [0.1, 0.15) is 0 Å². The Balaban J connectivity index is 0.000000861. The first-order valence-electron chi connectivity index (χ1n) is 6.63. The van der Waals surface area contributed by atoms with E-state index in [-0.39, 0.29) is 0 Å². The molecule has 0 atom stereocenters. The van der Waals surface area contributed by atoms with Crippen LogP contribution >= 0.6 is 11.8 Å². The Labute approximate surface area is 121 Å². The first-order valence-corrected chi connectivity index (χ1v) is 7.61. The van der Waals surface area contributed by atoms with Crippen molar-refractivity contribution in [3.8, 4) is 0 Å². The highest BCUT2D eigenvalue weighted by Crippen LogP contribution is 2.19. The van der Waals surface area contributed by atoms with Crippen LogP contribution in [0.25, 0.3) is 0 Å². The Morgan fingerprint density at radius 1 is 0.842 bits per heavy atom. The first kappa shape index (κ1) is 15.8. The highest BCUT2D eigenvalue weighted by molar-refractivity contribution is 7.99. The summed E-state index contributed by atoms with van der Waals surface area (Å²) in [6.45, 7) is 4.31. The lowest BCUT2D eigenvalue weighted by Crippen LogP contribution is -1.88. The third-order valence-electron chi connectivity index (χ3n) is 2.76. The molecule has 0 aromatic heterocycles. The number of rotatable bonds is 4. The molecule has 0 bridgehead atoms. The molecular formula is C17H23NS. The van der Waals surface area contributed by atoms with Crippen molar-refractivity contribution in [3.63, 3.8) is 0 Å². The average Bonchev–Trinajstić information content (AvgIpc) is 2.46. The minimum Gasteiger partial charge on any atom is -0.333 e. The van der Waals surface area contributed by atoms with Gasteiger partial charge in [0.2, 0.25) is 0 Å². The fourth-order valence-electron chi connectivity index (χ4n) is 1.81. The zero-order valence-corrected chi connectivity index (χ0v) is 12.8. The third-order valence-corrected chi connectivity index (χ3v) is 3.66. The molecule has 2 rings (SSSR count).